The van der Waals surface area contributed by atoms with Crippen molar-refractivity contribution >= 4 is 11.8 Å². The fourth-order valence-electron chi connectivity index (χ4n) is 4.41. The molecule has 29 heavy (non-hydrogen) atoms. The highest BCUT2D eigenvalue weighted by molar-refractivity contribution is 5.95. The van der Waals surface area contributed by atoms with Crippen molar-refractivity contribution < 1.29 is 19.4 Å². The van der Waals surface area contributed by atoms with Crippen LogP contribution in [-0.4, -0.2) is 54.7 Å². The van der Waals surface area contributed by atoms with Crippen molar-refractivity contribution in [3.8, 4) is 16.9 Å². The number of hydrogen-bond acceptors (Lipinski definition) is 4. The van der Waals surface area contributed by atoms with Gasteiger partial charge in [0.15, 0.2) is 0 Å². The summed E-state index contributed by atoms with van der Waals surface area (Å²) >= 11 is 0. The Morgan fingerprint density at radius 3 is 2.72 bits per heavy atom. The Morgan fingerprint density at radius 1 is 1.21 bits per heavy atom. The quantitative estimate of drug-likeness (QED) is 0.838. The van der Waals surface area contributed by atoms with Gasteiger partial charge in [0.05, 0.1) is 18.6 Å². The summed E-state index contributed by atoms with van der Waals surface area (Å²) in [4.78, 5) is 27.3. The molecule has 2 aliphatic heterocycles. The SMILES string of the molecule is COc1cccc(-c2ccc(C(=O)N3CC[C@@H](O)[C@@]4(CCCNC4=O)C3)cc2)c1. The lowest BCUT2D eigenvalue weighted by molar-refractivity contribution is -0.147. The van der Waals surface area contributed by atoms with Crippen molar-refractivity contribution in [1.82, 2.24) is 10.2 Å². The summed E-state index contributed by atoms with van der Waals surface area (Å²) < 4.78 is 5.28. The number of piperidine rings is 2. The monoisotopic (exact) mass is 394 g/mol. The number of benzene rings is 2. The van der Waals surface area contributed by atoms with Gasteiger partial charge in [-0.1, -0.05) is 24.3 Å². The first-order valence-electron chi connectivity index (χ1n) is 10.0. The van der Waals surface area contributed by atoms with Crippen LogP contribution in [0, 0.1) is 5.41 Å². The summed E-state index contributed by atoms with van der Waals surface area (Å²) in [6.07, 6.45) is 1.14. The van der Waals surface area contributed by atoms with Crippen LogP contribution in [0.4, 0.5) is 0 Å². The Bertz CT molecular complexity index is 911. The predicted octanol–water partition coefficient (Wildman–Crippen LogP) is 2.47. The molecule has 0 aromatic heterocycles. The molecule has 2 aromatic carbocycles. The molecule has 6 heteroatoms. The zero-order valence-corrected chi connectivity index (χ0v) is 16.6. The molecule has 0 radical (unpaired) electrons. The topological polar surface area (TPSA) is 78.9 Å². The highest BCUT2D eigenvalue weighted by Gasteiger charge is 2.50. The van der Waals surface area contributed by atoms with Crippen molar-refractivity contribution in [2.24, 2.45) is 5.41 Å². The summed E-state index contributed by atoms with van der Waals surface area (Å²) in [5.41, 5.74) is 1.71. The van der Waals surface area contributed by atoms with Crippen LogP contribution in [-0.2, 0) is 4.79 Å². The molecule has 0 aliphatic carbocycles. The minimum Gasteiger partial charge on any atom is -0.497 e. The van der Waals surface area contributed by atoms with Crippen LogP contribution in [0.2, 0.25) is 0 Å². The number of carbonyl (C=O) groups is 2. The molecule has 2 fully saturated rings. The maximum absolute atomic E-state index is 13.1. The van der Waals surface area contributed by atoms with Crippen LogP contribution in [0.25, 0.3) is 11.1 Å². The molecule has 2 aliphatic rings. The predicted molar refractivity (Wildman–Crippen MR) is 110 cm³/mol. The minimum absolute atomic E-state index is 0.105. The second kappa shape index (κ2) is 7.87. The van der Waals surface area contributed by atoms with Gasteiger partial charge in [0.1, 0.15) is 5.75 Å². The van der Waals surface area contributed by atoms with E-state index in [-0.39, 0.29) is 18.4 Å². The van der Waals surface area contributed by atoms with E-state index in [0.717, 1.165) is 23.3 Å². The van der Waals surface area contributed by atoms with E-state index in [9.17, 15) is 14.7 Å². The molecule has 6 nitrogen and oxygen atoms in total. The summed E-state index contributed by atoms with van der Waals surface area (Å²) in [5.74, 6) is 0.541. The molecule has 2 atom stereocenters. The van der Waals surface area contributed by atoms with Gasteiger partial charge in [0, 0.05) is 25.2 Å². The largest absolute Gasteiger partial charge is 0.497 e. The molecule has 4 rings (SSSR count). The van der Waals surface area contributed by atoms with Crippen LogP contribution in [0.3, 0.4) is 0 Å². The summed E-state index contributed by atoms with van der Waals surface area (Å²) in [6.45, 7) is 1.34. The molecule has 2 heterocycles. The number of likely N-dealkylation sites (tertiary alicyclic amines) is 1. The Labute approximate surface area is 170 Å². The van der Waals surface area contributed by atoms with E-state index in [1.165, 1.54) is 0 Å². The first kappa shape index (κ1) is 19.5. The maximum atomic E-state index is 13.1. The summed E-state index contributed by atoms with van der Waals surface area (Å²) in [5, 5.41) is 13.4. The molecule has 2 amide bonds. The van der Waals surface area contributed by atoms with Gasteiger partial charge >= 0.3 is 0 Å². The van der Waals surface area contributed by atoms with Crippen molar-refractivity contribution in [1.29, 1.82) is 0 Å². The number of rotatable bonds is 3. The normalized spacial score (nSPS) is 24.3. The zero-order valence-electron chi connectivity index (χ0n) is 16.6. The van der Waals surface area contributed by atoms with E-state index >= 15 is 0 Å². The van der Waals surface area contributed by atoms with Gasteiger partial charge in [0.25, 0.3) is 5.91 Å². The van der Waals surface area contributed by atoms with Crippen molar-refractivity contribution in [3.63, 3.8) is 0 Å². The van der Waals surface area contributed by atoms with Crippen LogP contribution in [0.5, 0.6) is 5.75 Å². The van der Waals surface area contributed by atoms with E-state index in [4.69, 9.17) is 4.74 Å². The first-order valence-corrected chi connectivity index (χ1v) is 10.0. The molecule has 2 N–H and O–H groups in total. The summed E-state index contributed by atoms with van der Waals surface area (Å²) in [7, 11) is 1.63. The molecular weight excluding hydrogens is 368 g/mol. The fraction of sp³-hybridized carbons (Fsp3) is 0.391. The molecule has 0 saturated carbocycles. The highest BCUT2D eigenvalue weighted by atomic mass is 16.5. The molecule has 0 unspecified atom stereocenters. The van der Waals surface area contributed by atoms with Gasteiger partial charge in [-0.15, -0.1) is 0 Å². The molecular formula is C23H26N2O4. The number of aliphatic hydroxyl groups is 1. The fourth-order valence-corrected chi connectivity index (χ4v) is 4.41. The third-order valence-electron chi connectivity index (χ3n) is 6.14. The van der Waals surface area contributed by atoms with Crippen LogP contribution in [0.1, 0.15) is 29.6 Å². The molecule has 1 spiro atoms. The Balaban J connectivity index is 1.53. The Morgan fingerprint density at radius 2 is 2.00 bits per heavy atom. The van der Waals surface area contributed by atoms with E-state index in [2.05, 4.69) is 5.32 Å². The lowest BCUT2D eigenvalue weighted by Crippen LogP contribution is -2.62. The number of methoxy groups -OCH3 is 1. The van der Waals surface area contributed by atoms with E-state index in [1.807, 2.05) is 48.5 Å². The number of ether oxygens (including phenoxy) is 1. The number of nitrogens with zero attached hydrogens (tertiary/aromatic N) is 1. The number of aliphatic hydroxyl groups excluding tert-OH is 1. The highest BCUT2D eigenvalue weighted by Crippen LogP contribution is 2.37. The van der Waals surface area contributed by atoms with E-state index < -0.39 is 11.5 Å². The van der Waals surface area contributed by atoms with Gasteiger partial charge in [-0.05, 0) is 54.7 Å². The molecule has 152 valence electrons. The molecule has 0 bridgehead atoms. The number of nitrogens with one attached hydrogen (secondary N) is 1. The average molecular weight is 394 g/mol. The standard InChI is InChI=1S/C23H26N2O4/c1-29-19-5-2-4-18(14-19)16-6-8-17(9-7-16)21(27)25-13-10-20(26)23(15-25)11-3-12-24-22(23)28/h2,4-9,14,20,26H,3,10-13,15H2,1H3,(H,24,28)/t20-,23-/m1/s1. The van der Waals surface area contributed by atoms with Gasteiger partial charge < -0.3 is 20.1 Å². The molecule has 2 saturated heterocycles. The Hall–Kier alpha value is -2.86. The smallest absolute Gasteiger partial charge is 0.253 e. The Kier molecular flexibility index (Phi) is 5.28. The van der Waals surface area contributed by atoms with Gasteiger partial charge in [-0.25, -0.2) is 0 Å². The average Bonchev–Trinajstić information content (AvgIpc) is 2.77. The lowest BCUT2D eigenvalue weighted by atomic mass is 9.71. The van der Waals surface area contributed by atoms with Gasteiger partial charge in [0.2, 0.25) is 5.91 Å². The van der Waals surface area contributed by atoms with Crippen molar-refractivity contribution in [2.75, 3.05) is 26.7 Å². The molecule has 2 aromatic rings. The number of hydrogen-bond donors (Lipinski definition) is 2. The van der Waals surface area contributed by atoms with Crippen LogP contribution < -0.4 is 10.1 Å². The zero-order chi connectivity index (χ0) is 20.4. The minimum atomic E-state index is -0.882. The second-order valence-corrected chi connectivity index (χ2v) is 7.86. The van der Waals surface area contributed by atoms with Gasteiger partial charge in [-0.3, -0.25) is 9.59 Å². The van der Waals surface area contributed by atoms with Crippen molar-refractivity contribution in [2.45, 2.75) is 25.4 Å². The van der Waals surface area contributed by atoms with E-state index in [0.29, 0.717) is 31.5 Å². The van der Waals surface area contributed by atoms with E-state index in [1.54, 1.807) is 12.0 Å². The third-order valence-corrected chi connectivity index (χ3v) is 6.14. The van der Waals surface area contributed by atoms with Crippen LogP contribution >= 0.6 is 0 Å². The lowest BCUT2D eigenvalue weighted by Gasteiger charge is -2.46. The van der Waals surface area contributed by atoms with Gasteiger partial charge in [-0.2, -0.15) is 0 Å². The third kappa shape index (κ3) is 3.60. The number of carbonyl (C=O) groups excluding carboxylic acids is 2. The van der Waals surface area contributed by atoms with Crippen LogP contribution in [0.15, 0.2) is 48.5 Å². The summed E-state index contributed by atoms with van der Waals surface area (Å²) in [6, 6.07) is 15.2. The second-order valence-electron chi connectivity index (χ2n) is 7.86. The first-order chi connectivity index (χ1) is 14.0. The maximum Gasteiger partial charge on any atom is 0.253 e. The van der Waals surface area contributed by atoms with Crippen molar-refractivity contribution in [3.05, 3.63) is 54.1 Å². The number of amides is 2.